The number of alkyl halides is 3. The van der Waals surface area contributed by atoms with Crippen LogP contribution in [0.15, 0.2) is 48.8 Å². The number of aromatic nitrogens is 4. The maximum atomic E-state index is 12.9. The molecule has 0 aliphatic rings. The number of rotatable bonds is 4. The minimum Gasteiger partial charge on any atom is -0.343 e. The molecule has 0 unspecified atom stereocenters. The third-order valence-electron chi connectivity index (χ3n) is 4.88. The summed E-state index contributed by atoms with van der Waals surface area (Å²) in [6.07, 6.45) is -0.680. The summed E-state index contributed by atoms with van der Waals surface area (Å²) in [5, 5.41) is 1.53. The molecule has 0 fully saturated rings. The van der Waals surface area contributed by atoms with Gasteiger partial charge < -0.3 is 9.13 Å². The van der Waals surface area contributed by atoms with Crippen molar-refractivity contribution in [1.29, 1.82) is 0 Å². The first kappa shape index (κ1) is 19.5. The number of halogens is 4. The first-order valence-corrected chi connectivity index (χ1v) is 9.48. The van der Waals surface area contributed by atoms with Crippen molar-refractivity contribution < 1.29 is 13.2 Å². The Bertz CT molecular complexity index is 1170. The van der Waals surface area contributed by atoms with Gasteiger partial charge in [-0.2, -0.15) is 13.2 Å². The van der Waals surface area contributed by atoms with Crippen molar-refractivity contribution in [2.24, 2.45) is 7.05 Å². The van der Waals surface area contributed by atoms with Gasteiger partial charge in [-0.05, 0) is 24.1 Å². The van der Waals surface area contributed by atoms with Crippen LogP contribution in [0.1, 0.15) is 23.9 Å². The van der Waals surface area contributed by atoms with Crippen LogP contribution in [0.5, 0.6) is 0 Å². The highest BCUT2D eigenvalue weighted by Gasteiger charge is 2.34. The van der Waals surface area contributed by atoms with Crippen LogP contribution in [-0.4, -0.2) is 19.1 Å². The summed E-state index contributed by atoms with van der Waals surface area (Å²) in [5.74, 6) is 0.278. The summed E-state index contributed by atoms with van der Waals surface area (Å²) < 4.78 is 42.1. The molecule has 0 aliphatic heterocycles. The lowest BCUT2D eigenvalue weighted by atomic mass is 10.1. The topological polar surface area (TPSA) is 35.6 Å². The number of benzene rings is 1. The Morgan fingerprint density at radius 1 is 1.07 bits per heavy atom. The van der Waals surface area contributed by atoms with Crippen molar-refractivity contribution in [1.82, 2.24) is 19.1 Å². The Labute approximate surface area is 170 Å². The third kappa shape index (κ3) is 3.74. The van der Waals surface area contributed by atoms with Crippen LogP contribution in [0.25, 0.3) is 22.3 Å². The summed E-state index contributed by atoms with van der Waals surface area (Å²) in [7, 11) is 1.56. The number of imidazole rings is 1. The molecule has 0 aliphatic carbocycles. The molecule has 0 saturated carbocycles. The van der Waals surface area contributed by atoms with E-state index < -0.39 is 11.9 Å². The molecular formula is C21H18ClF3N4. The molecule has 4 nitrogen and oxygen atoms in total. The Morgan fingerprint density at radius 2 is 1.79 bits per heavy atom. The molecule has 0 radical (unpaired) electrons. The second-order valence-corrected chi connectivity index (χ2v) is 7.26. The van der Waals surface area contributed by atoms with Gasteiger partial charge in [-0.25, -0.2) is 9.97 Å². The molecule has 0 bridgehead atoms. The SMILES string of the molecule is CCc1nc(Cl)cc2c1ccn2Cc1ccc(-c2nc(C(F)(F)F)cn2C)cc1. The Morgan fingerprint density at radius 3 is 2.41 bits per heavy atom. The van der Waals surface area contributed by atoms with Gasteiger partial charge in [0.1, 0.15) is 11.0 Å². The number of aryl methyl sites for hydroxylation is 2. The zero-order valence-electron chi connectivity index (χ0n) is 15.8. The van der Waals surface area contributed by atoms with Crippen molar-refractivity contribution in [2.75, 3.05) is 0 Å². The molecule has 3 aromatic heterocycles. The molecule has 29 heavy (non-hydrogen) atoms. The fraction of sp³-hybridized carbons (Fsp3) is 0.238. The van der Waals surface area contributed by atoms with Crippen LogP contribution < -0.4 is 0 Å². The maximum Gasteiger partial charge on any atom is 0.434 e. The number of hydrogen-bond donors (Lipinski definition) is 0. The van der Waals surface area contributed by atoms with Gasteiger partial charge >= 0.3 is 6.18 Å². The Hall–Kier alpha value is -2.80. The van der Waals surface area contributed by atoms with Crippen LogP contribution in [0.4, 0.5) is 13.2 Å². The molecule has 0 spiro atoms. The molecule has 0 amide bonds. The smallest absolute Gasteiger partial charge is 0.343 e. The van der Waals surface area contributed by atoms with Crippen molar-refractivity contribution in [2.45, 2.75) is 26.1 Å². The van der Waals surface area contributed by atoms with E-state index in [1.165, 1.54) is 4.57 Å². The highest BCUT2D eigenvalue weighted by Crippen LogP contribution is 2.31. The first-order valence-electron chi connectivity index (χ1n) is 9.10. The minimum absolute atomic E-state index is 0.278. The van der Waals surface area contributed by atoms with Crippen molar-refractivity contribution in [3.05, 3.63) is 70.9 Å². The van der Waals surface area contributed by atoms with Gasteiger partial charge in [-0.3, -0.25) is 0 Å². The van der Waals surface area contributed by atoms with Gasteiger partial charge in [0.2, 0.25) is 0 Å². The molecule has 3 heterocycles. The lowest BCUT2D eigenvalue weighted by Crippen LogP contribution is -2.04. The number of hydrogen-bond acceptors (Lipinski definition) is 2. The van der Waals surface area contributed by atoms with E-state index >= 15 is 0 Å². The molecule has 4 aromatic rings. The average Bonchev–Trinajstić information content (AvgIpc) is 3.25. The predicted octanol–water partition coefficient (Wildman–Crippen LogP) is 5.72. The van der Waals surface area contributed by atoms with Crippen LogP contribution >= 0.6 is 11.6 Å². The van der Waals surface area contributed by atoms with Gasteiger partial charge in [0.25, 0.3) is 0 Å². The minimum atomic E-state index is -4.46. The third-order valence-corrected chi connectivity index (χ3v) is 5.08. The molecule has 4 rings (SSSR count). The highest BCUT2D eigenvalue weighted by molar-refractivity contribution is 6.30. The number of fused-ring (bicyclic) bond motifs is 1. The summed E-state index contributed by atoms with van der Waals surface area (Å²) in [5.41, 5.74) is 2.71. The molecule has 150 valence electrons. The van der Waals surface area contributed by atoms with Crippen molar-refractivity contribution >= 4 is 22.5 Å². The van der Waals surface area contributed by atoms with Crippen LogP contribution in [0, 0.1) is 0 Å². The van der Waals surface area contributed by atoms with Gasteiger partial charge in [0.15, 0.2) is 5.69 Å². The quantitative estimate of drug-likeness (QED) is 0.397. The molecule has 0 N–H and O–H groups in total. The van der Waals surface area contributed by atoms with Crippen molar-refractivity contribution in [3.63, 3.8) is 0 Å². The van der Waals surface area contributed by atoms with Crippen LogP contribution in [0.3, 0.4) is 0 Å². The summed E-state index contributed by atoms with van der Waals surface area (Å²) in [6, 6.07) is 11.2. The zero-order chi connectivity index (χ0) is 20.8. The number of pyridine rings is 1. The second kappa shape index (κ2) is 7.22. The van der Waals surface area contributed by atoms with E-state index in [1.807, 2.05) is 37.4 Å². The van der Waals surface area contributed by atoms with Gasteiger partial charge in [-0.15, -0.1) is 0 Å². The predicted molar refractivity (Wildman–Crippen MR) is 107 cm³/mol. The first-order chi connectivity index (χ1) is 13.8. The molecule has 8 heteroatoms. The van der Waals surface area contributed by atoms with Crippen molar-refractivity contribution in [3.8, 4) is 11.4 Å². The Kier molecular flexibility index (Phi) is 4.86. The van der Waals surface area contributed by atoms with E-state index in [-0.39, 0.29) is 5.82 Å². The molecule has 0 atom stereocenters. The Balaban J connectivity index is 1.62. The van der Waals surface area contributed by atoms with Crippen LogP contribution in [-0.2, 0) is 26.2 Å². The largest absolute Gasteiger partial charge is 0.434 e. The number of nitrogens with zero attached hydrogens (tertiary/aromatic N) is 4. The monoisotopic (exact) mass is 418 g/mol. The van der Waals surface area contributed by atoms with E-state index in [2.05, 4.69) is 14.5 Å². The standard InChI is InChI=1S/C21H18ClF3N4/c1-3-16-15-8-9-29(17(15)10-19(22)26-16)11-13-4-6-14(7-5-13)20-27-18(12-28(20)2)21(23,24)25/h4-10,12H,3,11H2,1-2H3. The fourth-order valence-corrected chi connectivity index (χ4v) is 3.66. The highest BCUT2D eigenvalue weighted by atomic mass is 35.5. The molecular weight excluding hydrogens is 401 g/mol. The fourth-order valence-electron chi connectivity index (χ4n) is 3.46. The lowest BCUT2D eigenvalue weighted by Gasteiger charge is -2.08. The summed E-state index contributed by atoms with van der Waals surface area (Å²) in [6.45, 7) is 2.65. The van der Waals surface area contributed by atoms with E-state index in [9.17, 15) is 13.2 Å². The summed E-state index contributed by atoms with van der Waals surface area (Å²) in [4.78, 5) is 8.11. The van der Waals surface area contributed by atoms with Gasteiger partial charge in [0.05, 0.1) is 11.2 Å². The van der Waals surface area contributed by atoms with Gasteiger partial charge in [-0.1, -0.05) is 42.8 Å². The van der Waals surface area contributed by atoms with Gasteiger partial charge in [0, 0.05) is 36.9 Å². The van der Waals surface area contributed by atoms with E-state index in [0.29, 0.717) is 17.3 Å². The maximum absolute atomic E-state index is 12.9. The molecule has 0 saturated heterocycles. The molecule has 1 aromatic carbocycles. The van der Waals surface area contributed by atoms with E-state index in [1.54, 1.807) is 19.2 Å². The summed E-state index contributed by atoms with van der Waals surface area (Å²) >= 11 is 6.16. The lowest BCUT2D eigenvalue weighted by molar-refractivity contribution is -0.140. The van der Waals surface area contributed by atoms with Crippen LogP contribution in [0.2, 0.25) is 5.15 Å². The van der Waals surface area contributed by atoms with E-state index in [4.69, 9.17) is 11.6 Å². The van der Waals surface area contributed by atoms with E-state index in [0.717, 1.165) is 34.8 Å². The normalized spacial score (nSPS) is 12.1. The second-order valence-electron chi connectivity index (χ2n) is 6.88. The average molecular weight is 419 g/mol. The zero-order valence-corrected chi connectivity index (χ0v) is 16.6.